The largest absolute Gasteiger partial charge is 0.497 e. The van der Waals surface area contributed by atoms with Crippen LogP contribution in [0.4, 0.5) is 0 Å². The zero-order chi connectivity index (χ0) is 22.9. The van der Waals surface area contributed by atoms with Gasteiger partial charge >= 0.3 is 0 Å². The van der Waals surface area contributed by atoms with E-state index in [1.165, 1.54) is 11.1 Å². The summed E-state index contributed by atoms with van der Waals surface area (Å²) in [7, 11) is 3.35. The molecule has 1 saturated heterocycles. The van der Waals surface area contributed by atoms with Gasteiger partial charge in [-0.1, -0.05) is 12.1 Å². The summed E-state index contributed by atoms with van der Waals surface area (Å²) in [6, 6.07) is 12.4. The van der Waals surface area contributed by atoms with E-state index in [0.29, 0.717) is 0 Å². The summed E-state index contributed by atoms with van der Waals surface area (Å²) in [5.41, 5.74) is 6.23. The topological polar surface area (TPSA) is 56.6 Å². The van der Waals surface area contributed by atoms with E-state index in [4.69, 9.17) is 9.47 Å². The van der Waals surface area contributed by atoms with Crippen molar-refractivity contribution in [1.29, 1.82) is 0 Å². The number of likely N-dealkylation sites (tertiary alicyclic amines) is 1. The number of methoxy groups -OCH3 is 2. The van der Waals surface area contributed by atoms with E-state index >= 15 is 0 Å². The molecule has 0 radical (unpaired) electrons. The van der Waals surface area contributed by atoms with E-state index in [1.807, 2.05) is 48.0 Å². The molecule has 1 amide bonds. The SMILES string of the molecule is COc1ccc2c(c1)C(N1CCCC(=Cc3ccc(-n4cnc(C)c4)c(OC)c3)C1=O)CC2. The number of rotatable bonds is 5. The average Bonchev–Trinajstić information content (AvgIpc) is 3.46. The minimum Gasteiger partial charge on any atom is -0.497 e. The van der Waals surface area contributed by atoms with Crippen molar-refractivity contribution in [3.05, 3.63) is 76.9 Å². The minimum atomic E-state index is 0.118. The van der Waals surface area contributed by atoms with Crippen LogP contribution in [0, 0.1) is 6.92 Å². The first-order valence-electron chi connectivity index (χ1n) is 11.4. The Balaban J connectivity index is 1.42. The van der Waals surface area contributed by atoms with Crippen LogP contribution < -0.4 is 9.47 Å². The Kier molecular flexibility index (Phi) is 5.67. The summed E-state index contributed by atoms with van der Waals surface area (Å²) in [6.07, 6.45) is 9.49. The number of nitrogens with zero attached hydrogens (tertiary/aromatic N) is 3. The highest BCUT2D eigenvalue weighted by Gasteiger charge is 2.34. The lowest BCUT2D eigenvalue weighted by Crippen LogP contribution is -2.39. The van der Waals surface area contributed by atoms with Crippen LogP contribution >= 0.6 is 0 Å². The highest BCUT2D eigenvalue weighted by atomic mass is 16.5. The Hall–Kier alpha value is -3.54. The predicted molar refractivity (Wildman–Crippen MR) is 128 cm³/mol. The van der Waals surface area contributed by atoms with Crippen LogP contribution in [0.2, 0.25) is 0 Å². The molecule has 2 aliphatic rings. The summed E-state index contributed by atoms with van der Waals surface area (Å²) in [4.78, 5) is 19.9. The van der Waals surface area contributed by atoms with Gasteiger partial charge in [0.2, 0.25) is 5.91 Å². The van der Waals surface area contributed by atoms with Gasteiger partial charge in [0.1, 0.15) is 11.5 Å². The van der Waals surface area contributed by atoms with Crippen molar-refractivity contribution in [1.82, 2.24) is 14.5 Å². The van der Waals surface area contributed by atoms with Crippen molar-refractivity contribution < 1.29 is 14.3 Å². The average molecular weight is 444 g/mol. The number of hydrogen-bond acceptors (Lipinski definition) is 4. The molecule has 0 saturated carbocycles. The third-order valence-corrected chi connectivity index (χ3v) is 6.69. The van der Waals surface area contributed by atoms with Gasteiger partial charge in [-0.3, -0.25) is 4.79 Å². The van der Waals surface area contributed by atoms with Gasteiger partial charge in [-0.25, -0.2) is 4.98 Å². The lowest BCUT2D eigenvalue weighted by atomic mass is 9.97. The molecule has 1 aliphatic carbocycles. The molecule has 1 unspecified atom stereocenters. The Morgan fingerprint density at radius 2 is 1.97 bits per heavy atom. The smallest absolute Gasteiger partial charge is 0.250 e. The van der Waals surface area contributed by atoms with Gasteiger partial charge < -0.3 is 18.9 Å². The molecule has 2 aromatic carbocycles. The molecule has 6 heteroatoms. The van der Waals surface area contributed by atoms with E-state index in [9.17, 15) is 4.79 Å². The number of benzene rings is 2. The van der Waals surface area contributed by atoms with Crippen molar-refractivity contribution in [2.45, 2.75) is 38.6 Å². The first-order valence-corrected chi connectivity index (χ1v) is 11.4. The molecule has 3 aromatic rings. The first kappa shape index (κ1) is 21.3. The first-order chi connectivity index (χ1) is 16.1. The van der Waals surface area contributed by atoms with Crippen LogP contribution in [-0.2, 0) is 11.2 Å². The fourth-order valence-corrected chi connectivity index (χ4v) is 5.02. The van der Waals surface area contributed by atoms with E-state index in [2.05, 4.69) is 22.0 Å². The predicted octanol–water partition coefficient (Wildman–Crippen LogP) is 4.89. The molecule has 0 spiro atoms. The molecule has 1 atom stereocenters. The molecule has 5 rings (SSSR count). The van der Waals surface area contributed by atoms with Crippen molar-refractivity contribution >= 4 is 12.0 Å². The van der Waals surface area contributed by atoms with Gasteiger partial charge in [0.25, 0.3) is 0 Å². The Morgan fingerprint density at radius 1 is 1.09 bits per heavy atom. The summed E-state index contributed by atoms with van der Waals surface area (Å²) >= 11 is 0. The normalized spacial score (nSPS) is 19.1. The Bertz CT molecular complexity index is 1230. The van der Waals surface area contributed by atoms with Crippen LogP contribution in [0.5, 0.6) is 11.5 Å². The molecule has 170 valence electrons. The van der Waals surface area contributed by atoms with Gasteiger partial charge in [-0.15, -0.1) is 0 Å². The third kappa shape index (κ3) is 4.01. The number of carbonyl (C=O) groups excluding carboxylic acids is 1. The maximum Gasteiger partial charge on any atom is 0.250 e. The summed E-state index contributed by atoms with van der Waals surface area (Å²) in [6.45, 7) is 2.75. The molecular formula is C27H29N3O3. The monoisotopic (exact) mass is 443 g/mol. The summed E-state index contributed by atoms with van der Waals surface area (Å²) in [5.74, 6) is 1.73. The van der Waals surface area contributed by atoms with Crippen molar-refractivity contribution in [3.63, 3.8) is 0 Å². The zero-order valence-corrected chi connectivity index (χ0v) is 19.4. The maximum atomic E-state index is 13.5. The Morgan fingerprint density at radius 3 is 2.73 bits per heavy atom. The van der Waals surface area contributed by atoms with Crippen molar-refractivity contribution in [2.24, 2.45) is 0 Å². The van der Waals surface area contributed by atoms with Gasteiger partial charge in [0.15, 0.2) is 0 Å². The molecule has 1 fully saturated rings. The number of carbonyl (C=O) groups is 1. The van der Waals surface area contributed by atoms with Crippen LogP contribution in [0.15, 0.2) is 54.5 Å². The number of amides is 1. The second-order valence-electron chi connectivity index (χ2n) is 8.74. The van der Waals surface area contributed by atoms with Gasteiger partial charge in [0, 0.05) is 18.3 Å². The van der Waals surface area contributed by atoms with Gasteiger partial charge in [-0.05, 0) is 79.6 Å². The van der Waals surface area contributed by atoms with Crippen LogP contribution in [0.3, 0.4) is 0 Å². The Labute approximate surface area is 194 Å². The van der Waals surface area contributed by atoms with Crippen molar-refractivity contribution in [3.8, 4) is 17.2 Å². The molecule has 0 bridgehead atoms. The quantitative estimate of drug-likeness (QED) is 0.527. The second kappa shape index (κ2) is 8.77. The lowest BCUT2D eigenvalue weighted by molar-refractivity contribution is -0.131. The van der Waals surface area contributed by atoms with Crippen LogP contribution in [-0.4, -0.2) is 41.1 Å². The third-order valence-electron chi connectivity index (χ3n) is 6.69. The van der Waals surface area contributed by atoms with E-state index < -0.39 is 0 Å². The summed E-state index contributed by atoms with van der Waals surface area (Å²) in [5, 5.41) is 0. The second-order valence-corrected chi connectivity index (χ2v) is 8.74. The molecule has 6 nitrogen and oxygen atoms in total. The number of aryl methyl sites for hydroxylation is 2. The maximum absolute atomic E-state index is 13.5. The fourth-order valence-electron chi connectivity index (χ4n) is 5.02. The van der Waals surface area contributed by atoms with E-state index in [0.717, 1.165) is 66.2 Å². The number of hydrogen-bond donors (Lipinski definition) is 0. The highest BCUT2D eigenvalue weighted by Crippen LogP contribution is 2.40. The number of ether oxygens (including phenoxy) is 2. The minimum absolute atomic E-state index is 0.118. The molecule has 1 aliphatic heterocycles. The molecule has 2 heterocycles. The van der Waals surface area contributed by atoms with Crippen LogP contribution in [0.1, 0.15) is 47.7 Å². The standard InChI is InChI=1S/C27H29N3O3/c1-18-16-29(17-28-18)25-10-6-19(14-26(25)33-3)13-21-5-4-12-30(27(21)31)24-11-8-20-7-9-22(32-2)15-23(20)24/h6-7,9-10,13-17,24H,4-5,8,11-12H2,1-3H3. The fraction of sp³-hybridized carbons (Fsp3) is 0.333. The van der Waals surface area contributed by atoms with E-state index in [1.54, 1.807) is 20.5 Å². The number of piperidine rings is 1. The molecular weight excluding hydrogens is 414 g/mol. The number of aromatic nitrogens is 2. The van der Waals surface area contributed by atoms with Crippen LogP contribution in [0.25, 0.3) is 11.8 Å². The summed E-state index contributed by atoms with van der Waals surface area (Å²) < 4.78 is 13.0. The number of imidazole rings is 1. The number of fused-ring (bicyclic) bond motifs is 1. The molecule has 1 aromatic heterocycles. The molecule has 33 heavy (non-hydrogen) atoms. The molecule has 0 N–H and O–H groups in total. The van der Waals surface area contributed by atoms with Gasteiger partial charge in [0.05, 0.1) is 38.0 Å². The highest BCUT2D eigenvalue weighted by molar-refractivity contribution is 5.99. The van der Waals surface area contributed by atoms with E-state index in [-0.39, 0.29) is 11.9 Å². The van der Waals surface area contributed by atoms with Crippen molar-refractivity contribution in [2.75, 3.05) is 20.8 Å². The van der Waals surface area contributed by atoms with Gasteiger partial charge in [-0.2, -0.15) is 0 Å². The zero-order valence-electron chi connectivity index (χ0n) is 19.4. The lowest BCUT2D eigenvalue weighted by Gasteiger charge is -2.34.